The molecule has 0 radical (unpaired) electrons. The van der Waals surface area contributed by atoms with E-state index in [-0.39, 0.29) is 12.1 Å². The summed E-state index contributed by atoms with van der Waals surface area (Å²) < 4.78 is 0. The Balaban J connectivity index is 2.01. The zero-order valence-corrected chi connectivity index (χ0v) is 11.8. The van der Waals surface area contributed by atoms with Crippen LogP contribution in [0.2, 0.25) is 0 Å². The van der Waals surface area contributed by atoms with Gasteiger partial charge in [-0.3, -0.25) is 4.90 Å². The number of amides is 4. The van der Waals surface area contributed by atoms with Gasteiger partial charge in [0.25, 0.3) is 0 Å². The molecule has 6 heteroatoms. The summed E-state index contributed by atoms with van der Waals surface area (Å²) in [6.45, 7) is 6.57. The predicted molar refractivity (Wildman–Crippen MR) is 79.1 cm³/mol. The summed E-state index contributed by atoms with van der Waals surface area (Å²) in [5.74, 6) is 0. The predicted octanol–water partition coefficient (Wildman–Crippen LogP) is 2.09. The van der Waals surface area contributed by atoms with E-state index in [2.05, 4.69) is 10.6 Å². The molecule has 1 heterocycles. The molecule has 2 N–H and O–H groups in total. The normalized spacial score (nSPS) is 14.1. The third-order valence-corrected chi connectivity index (χ3v) is 3.34. The van der Waals surface area contributed by atoms with E-state index in [4.69, 9.17) is 0 Å². The van der Waals surface area contributed by atoms with Gasteiger partial charge in [-0.25, -0.2) is 9.59 Å². The maximum atomic E-state index is 11.9. The van der Waals surface area contributed by atoms with E-state index in [0.717, 1.165) is 11.4 Å². The second-order valence-electron chi connectivity index (χ2n) is 4.53. The fourth-order valence-electron chi connectivity index (χ4n) is 2.16. The first-order valence-electron chi connectivity index (χ1n) is 6.87. The number of nitrogens with one attached hydrogen (secondary N) is 2. The Morgan fingerprint density at radius 3 is 2.45 bits per heavy atom. The number of hydrogen-bond donors (Lipinski definition) is 2. The third kappa shape index (κ3) is 3.01. The summed E-state index contributed by atoms with van der Waals surface area (Å²) in [5.41, 5.74) is 1.56. The Hall–Kier alpha value is -2.24. The molecule has 2 rings (SSSR count). The second kappa shape index (κ2) is 6.27. The quantitative estimate of drug-likeness (QED) is 0.884. The van der Waals surface area contributed by atoms with E-state index in [1.54, 1.807) is 9.80 Å². The molecule has 108 valence electrons. The van der Waals surface area contributed by atoms with Crippen LogP contribution in [0.15, 0.2) is 24.3 Å². The molecule has 6 nitrogen and oxygen atoms in total. The van der Waals surface area contributed by atoms with Crippen molar-refractivity contribution in [1.82, 2.24) is 10.2 Å². The molecule has 0 aromatic heterocycles. The van der Waals surface area contributed by atoms with Crippen LogP contribution in [0.3, 0.4) is 0 Å². The molecular formula is C14H20N4O2. The maximum absolute atomic E-state index is 11.9. The highest BCUT2D eigenvalue weighted by atomic mass is 16.2. The average Bonchev–Trinajstić information content (AvgIpc) is 2.87. The van der Waals surface area contributed by atoms with E-state index in [0.29, 0.717) is 26.2 Å². The highest BCUT2D eigenvalue weighted by Crippen LogP contribution is 2.19. The van der Waals surface area contributed by atoms with Gasteiger partial charge in [-0.2, -0.15) is 0 Å². The van der Waals surface area contributed by atoms with Gasteiger partial charge in [-0.05, 0) is 38.1 Å². The summed E-state index contributed by atoms with van der Waals surface area (Å²) in [7, 11) is 0. The molecule has 4 amide bonds. The van der Waals surface area contributed by atoms with Crippen LogP contribution in [0.1, 0.15) is 13.8 Å². The Morgan fingerprint density at radius 2 is 1.95 bits per heavy atom. The van der Waals surface area contributed by atoms with Crippen molar-refractivity contribution in [3.8, 4) is 0 Å². The van der Waals surface area contributed by atoms with Gasteiger partial charge in [0, 0.05) is 37.6 Å². The Kier molecular flexibility index (Phi) is 4.45. The van der Waals surface area contributed by atoms with Crippen molar-refractivity contribution in [2.45, 2.75) is 13.8 Å². The third-order valence-electron chi connectivity index (χ3n) is 3.34. The van der Waals surface area contributed by atoms with Gasteiger partial charge in [-0.15, -0.1) is 0 Å². The van der Waals surface area contributed by atoms with Crippen LogP contribution in [0.5, 0.6) is 0 Å². The number of benzene rings is 1. The highest BCUT2D eigenvalue weighted by molar-refractivity contribution is 5.94. The van der Waals surface area contributed by atoms with Crippen LogP contribution >= 0.6 is 0 Å². The first-order valence-corrected chi connectivity index (χ1v) is 6.87. The number of rotatable bonds is 4. The van der Waals surface area contributed by atoms with E-state index in [1.165, 1.54) is 0 Å². The molecule has 1 aromatic carbocycles. The lowest BCUT2D eigenvalue weighted by Gasteiger charge is -2.19. The minimum absolute atomic E-state index is 0.0788. The van der Waals surface area contributed by atoms with Crippen molar-refractivity contribution in [2.75, 3.05) is 36.4 Å². The van der Waals surface area contributed by atoms with Crippen molar-refractivity contribution in [1.29, 1.82) is 0 Å². The lowest BCUT2D eigenvalue weighted by Crippen LogP contribution is -2.34. The van der Waals surface area contributed by atoms with Crippen LogP contribution in [-0.4, -0.2) is 43.1 Å². The van der Waals surface area contributed by atoms with Crippen molar-refractivity contribution in [2.24, 2.45) is 0 Å². The lowest BCUT2D eigenvalue weighted by molar-refractivity contribution is 0.217. The van der Waals surface area contributed by atoms with Crippen molar-refractivity contribution < 1.29 is 9.59 Å². The number of carbonyl (C=O) groups is 2. The molecule has 1 saturated heterocycles. The topological polar surface area (TPSA) is 64.7 Å². The summed E-state index contributed by atoms with van der Waals surface area (Å²) in [5, 5.41) is 5.60. The largest absolute Gasteiger partial charge is 0.336 e. The molecule has 0 spiro atoms. The average molecular weight is 276 g/mol. The van der Waals surface area contributed by atoms with Crippen LogP contribution in [0.4, 0.5) is 21.0 Å². The zero-order chi connectivity index (χ0) is 14.5. The number of carbonyl (C=O) groups excluding carboxylic acids is 2. The van der Waals surface area contributed by atoms with E-state index in [1.807, 2.05) is 38.1 Å². The molecule has 1 aliphatic rings. The van der Waals surface area contributed by atoms with Crippen LogP contribution in [-0.2, 0) is 0 Å². The molecule has 0 saturated carbocycles. The molecule has 1 aromatic rings. The number of nitrogens with zero attached hydrogens (tertiary/aromatic N) is 2. The van der Waals surface area contributed by atoms with Gasteiger partial charge in [-0.1, -0.05) is 0 Å². The molecule has 1 aliphatic heterocycles. The van der Waals surface area contributed by atoms with E-state index < -0.39 is 0 Å². The second-order valence-corrected chi connectivity index (χ2v) is 4.53. The van der Waals surface area contributed by atoms with Gasteiger partial charge >= 0.3 is 12.1 Å². The van der Waals surface area contributed by atoms with Crippen molar-refractivity contribution >= 4 is 23.4 Å². The zero-order valence-electron chi connectivity index (χ0n) is 11.8. The number of urea groups is 2. The fourth-order valence-corrected chi connectivity index (χ4v) is 2.16. The number of anilines is 2. The van der Waals surface area contributed by atoms with Crippen LogP contribution in [0, 0.1) is 0 Å². The SMILES string of the molecule is CCN(CC)C(=O)Nc1ccc(N2CCNC2=O)cc1. The standard InChI is InChI=1S/C14H20N4O2/c1-3-17(4-2)14(20)16-11-5-7-12(8-6-11)18-10-9-15-13(18)19/h5-8H,3-4,9-10H2,1-2H3,(H,15,19)(H,16,20). The molecule has 0 atom stereocenters. The van der Waals surface area contributed by atoms with Crippen molar-refractivity contribution in [3.05, 3.63) is 24.3 Å². The Bertz CT molecular complexity index is 482. The van der Waals surface area contributed by atoms with E-state index >= 15 is 0 Å². The first kappa shape index (κ1) is 14.2. The minimum atomic E-state index is -0.110. The first-order chi connectivity index (χ1) is 9.65. The van der Waals surface area contributed by atoms with Crippen LogP contribution in [0.25, 0.3) is 0 Å². The summed E-state index contributed by atoms with van der Waals surface area (Å²) >= 11 is 0. The van der Waals surface area contributed by atoms with Gasteiger partial charge < -0.3 is 15.5 Å². The monoisotopic (exact) mass is 276 g/mol. The van der Waals surface area contributed by atoms with Gasteiger partial charge in [0.1, 0.15) is 0 Å². The molecule has 0 unspecified atom stereocenters. The fraction of sp³-hybridized carbons (Fsp3) is 0.429. The Labute approximate surface area is 118 Å². The minimum Gasteiger partial charge on any atom is -0.336 e. The lowest BCUT2D eigenvalue weighted by atomic mass is 10.2. The van der Waals surface area contributed by atoms with Crippen molar-refractivity contribution in [3.63, 3.8) is 0 Å². The number of hydrogen-bond acceptors (Lipinski definition) is 2. The summed E-state index contributed by atoms with van der Waals surface area (Å²) in [6, 6.07) is 7.10. The van der Waals surface area contributed by atoms with Gasteiger partial charge in [0.05, 0.1) is 0 Å². The van der Waals surface area contributed by atoms with E-state index in [9.17, 15) is 9.59 Å². The smallest absolute Gasteiger partial charge is 0.321 e. The van der Waals surface area contributed by atoms with Crippen LogP contribution < -0.4 is 15.5 Å². The molecule has 0 bridgehead atoms. The molecule has 0 aliphatic carbocycles. The Morgan fingerprint density at radius 1 is 1.30 bits per heavy atom. The molecular weight excluding hydrogens is 256 g/mol. The maximum Gasteiger partial charge on any atom is 0.321 e. The summed E-state index contributed by atoms with van der Waals surface area (Å²) in [4.78, 5) is 26.8. The van der Waals surface area contributed by atoms with Gasteiger partial charge in [0.15, 0.2) is 0 Å². The van der Waals surface area contributed by atoms with Gasteiger partial charge in [0.2, 0.25) is 0 Å². The molecule has 20 heavy (non-hydrogen) atoms. The highest BCUT2D eigenvalue weighted by Gasteiger charge is 2.20. The molecule has 1 fully saturated rings. The summed E-state index contributed by atoms with van der Waals surface area (Å²) in [6.07, 6.45) is 0.